The number of halogens is 1. The number of nitrogens with one attached hydrogen (secondary N) is 1. The van der Waals surface area contributed by atoms with Gasteiger partial charge in [0.2, 0.25) is 11.8 Å². The van der Waals surface area contributed by atoms with Crippen molar-refractivity contribution in [1.82, 2.24) is 0 Å². The Morgan fingerprint density at radius 3 is 2.58 bits per heavy atom. The standard InChI is InChI=1S/C21H23FN2O2/c1-14(2)21(26)24-11-3-4-16-13-18(9-10-19(16)24)23-20(25)12-15-5-7-17(22)8-6-15/h5-10,13-14H,3-4,11-12H2,1-2H3,(H,23,25). The third-order valence-electron chi connectivity index (χ3n) is 4.52. The Morgan fingerprint density at radius 2 is 1.88 bits per heavy atom. The quantitative estimate of drug-likeness (QED) is 0.904. The molecule has 5 heteroatoms. The van der Waals surface area contributed by atoms with Crippen LogP contribution in [0.15, 0.2) is 42.5 Å². The van der Waals surface area contributed by atoms with Gasteiger partial charge in [0.1, 0.15) is 5.82 Å². The van der Waals surface area contributed by atoms with E-state index in [2.05, 4.69) is 5.32 Å². The molecule has 0 fully saturated rings. The Hall–Kier alpha value is -2.69. The minimum absolute atomic E-state index is 0.0453. The predicted molar refractivity (Wildman–Crippen MR) is 101 cm³/mol. The first kappa shape index (κ1) is 18.1. The summed E-state index contributed by atoms with van der Waals surface area (Å²) in [6.45, 7) is 4.54. The van der Waals surface area contributed by atoms with Crippen LogP contribution in [0.25, 0.3) is 0 Å². The van der Waals surface area contributed by atoms with Crippen molar-refractivity contribution in [3.05, 3.63) is 59.4 Å². The molecule has 1 N–H and O–H groups in total. The van der Waals surface area contributed by atoms with Crippen molar-refractivity contribution in [2.45, 2.75) is 33.1 Å². The zero-order chi connectivity index (χ0) is 18.7. The number of hydrogen-bond acceptors (Lipinski definition) is 2. The second-order valence-electron chi connectivity index (χ2n) is 6.94. The molecule has 2 aromatic carbocycles. The summed E-state index contributed by atoms with van der Waals surface area (Å²) < 4.78 is 12.9. The Kier molecular flexibility index (Phi) is 5.35. The summed E-state index contributed by atoms with van der Waals surface area (Å²) in [5.74, 6) is -0.387. The van der Waals surface area contributed by atoms with Crippen molar-refractivity contribution in [1.29, 1.82) is 0 Å². The first-order valence-electron chi connectivity index (χ1n) is 8.92. The zero-order valence-corrected chi connectivity index (χ0v) is 15.1. The van der Waals surface area contributed by atoms with Crippen LogP contribution in [0.5, 0.6) is 0 Å². The highest BCUT2D eigenvalue weighted by Crippen LogP contribution is 2.30. The van der Waals surface area contributed by atoms with Crippen molar-refractivity contribution < 1.29 is 14.0 Å². The maximum Gasteiger partial charge on any atom is 0.229 e. The summed E-state index contributed by atoms with van der Waals surface area (Å²) >= 11 is 0. The molecule has 0 aliphatic carbocycles. The van der Waals surface area contributed by atoms with E-state index in [0.29, 0.717) is 0 Å². The molecular weight excluding hydrogens is 331 g/mol. The number of fused-ring (bicyclic) bond motifs is 1. The summed E-state index contributed by atoms with van der Waals surface area (Å²) in [6, 6.07) is 11.6. The Bertz CT molecular complexity index is 815. The number of nitrogens with zero attached hydrogens (tertiary/aromatic N) is 1. The minimum Gasteiger partial charge on any atom is -0.326 e. The fraction of sp³-hybridized carbons (Fsp3) is 0.333. The summed E-state index contributed by atoms with van der Waals surface area (Å²) in [6.07, 6.45) is 1.99. The zero-order valence-electron chi connectivity index (χ0n) is 15.1. The SMILES string of the molecule is CC(C)C(=O)N1CCCc2cc(NC(=O)Cc3ccc(F)cc3)ccc21. The molecule has 3 rings (SSSR count). The van der Waals surface area contributed by atoms with E-state index in [1.54, 1.807) is 12.1 Å². The predicted octanol–water partition coefficient (Wildman–Crippen LogP) is 3.94. The fourth-order valence-corrected chi connectivity index (χ4v) is 3.21. The normalized spacial score (nSPS) is 13.5. The average Bonchev–Trinajstić information content (AvgIpc) is 2.62. The fourth-order valence-electron chi connectivity index (χ4n) is 3.21. The molecule has 0 spiro atoms. The number of benzene rings is 2. The van der Waals surface area contributed by atoms with Gasteiger partial charge in [-0.1, -0.05) is 26.0 Å². The molecule has 0 atom stereocenters. The highest BCUT2D eigenvalue weighted by Gasteiger charge is 2.24. The number of carbonyl (C=O) groups is 2. The van der Waals surface area contributed by atoms with Crippen molar-refractivity contribution in [2.24, 2.45) is 5.92 Å². The summed E-state index contributed by atoms with van der Waals surface area (Å²) in [7, 11) is 0. The number of hydrogen-bond donors (Lipinski definition) is 1. The van der Waals surface area contributed by atoms with Gasteiger partial charge in [-0.05, 0) is 54.3 Å². The van der Waals surface area contributed by atoms with Crippen LogP contribution in [0, 0.1) is 11.7 Å². The number of anilines is 2. The van der Waals surface area contributed by atoms with Gasteiger partial charge < -0.3 is 10.2 Å². The van der Waals surface area contributed by atoms with Crippen LogP contribution >= 0.6 is 0 Å². The van der Waals surface area contributed by atoms with Crippen LogP contribution < -0.4 is 10.2 Å². The molecule has 0 bridgehead atoms. The van der Waals surface area contributed by atoms with Crippen molar-refractivity contribution in [3.8, 4) is 0 Å². The van der Waals surface area contributed by atoms with E-state index < -0.39 is 0 Å². The lowest BCUT2D eigenvalue weighted by atomic mass is 9.99. The van der Waals surface area contributed by atoms with E-state index in [4.69, 9.17) is 0 Å². The van der Waals surface area contributed by atoms with Gasteiger partial charge in [0, 0.05) is 23.8 Å². The molecule has 0 unspecified atom stereocenters. The maximum atomic E-state index is 12.9. The van der Waals surface area contributed by atoms with E-state index >= 15 is 0 Å². The number of aryl methyl sites for hydroxylation is 1. The van der Waals surface area contributed by atoms with E-state index in [1.807, 2.05) is 36.9 Å². The molecule has 0 saturated heterocycles. The highest BCUT2D eigenvalue weighted by molar-refractivity contribution is 5.97. The van der Waals surface area contributed by atoms with E-state index in [0.717, 1.165) is 41.9 Å². The second kappa shape index (κ2) is 7.68. The van der Waals surface area contributed by atoms with Gasteiger partial charge in [0.25, 0.3) is 0 Å². The molecule has 0 radical (unpaired) electrons. The number of rotatable bonds is 4. The largest absolute Gasteiger partial charge is 0.326 e. The Balaban J connectivity index is 1.71. The summed E-state index contributed by atoms with van der Waals surface area (Å²) in [5, 5.41) is 2.89. The summed E-state index contributed by atoms with van der Waals surface area (Å²) in [4.78, 5) is 26.4. The molecule has 1 aliphatic rings. The lowest BCUT2D eigenvalue weighted by Crippen LogP contribution is -2.38. The van der Waals surface area contributed by atoms with Crippen LogP contribution in [0.3, 0.4) is 0 Å². The van der Waals surface area contributed by atoms with E-state index in [1.165, 1.54) is 12.1 Å². The van der Waals surface area contributed by atoms with E-state index in [9.17, 15) is 14.0 Å². The molecular formula is C21H23FN2O2. The topological polar surface area (TPSA) is 49.4 Å². The van der Waals surface area contributed by atoms with Gasteiger partial charge in [-0.2, -0.15) is 0 Å². The highest BCUT2D eigenvalue weighted by atomic mass is 19.1. The van der Waals surface area contributed by atoms with Gasteiger partial charge in [-0.3, -0.25) is 9.59 Å². The van der Waals surface area contributed by atoms with Crippen LogP contribution in [0.1, 0.15) is 31.4 Å². The molecule has 1 heterocycles. The third-order valence-corrected chi connectivity index (χ3v) is 4.52. The molecule has 1 aliphatic heterocycles. The van der Waals surface area contributed by atoms with Crippen LogP contribution in [0.2, 0.25) is 0 Å². The molecule has 26 heavy (non-hydrogen) atoms. The second-order valence-corrected chi connectivity index (χ2v) is 6.94. The molecule has 2 aromatic rings. The average molecular weight is 354 g/mol. The molecule has 136 valence electrons. The lowest BCUT2D eigenvalue weighted by Gasteiger charge is -2.31. The molecule has 0 saturated carbocycles. The van der Waals surface area contributed by atoms with Gasteiger partial charge in [0.15, 0.2) is 0 Å². The number of amides is 2. The van der Waals surface area contributed by atoms with Gasteiger partial charge in [0.05, 0.1) is 6.42 Å². The van der Waals surface area contributed by atoms with Crippen LogP contribution in [-0.4, -0.2) is 18.4 Å². The minimum atomic E-state index is -0.315. The Labute approximate surface area is 153 Å². The van der Waals surface area contributed by atoms with Gasteiger partial charge in [-0.25, -0.2) is 4.39 Å². The summed E-state index contributed by atoms with van der Waals surface area (Å²) in [5.41, 5.74) is 3.49. The third kappa shape index (κ3) is 4.10. The maximum absolute atomic E-state index is 12.9. The van der Waals surface area contributed by atoms with Gasteiger partial charge >= 0.3 is 0 Å². The Morgan fingerprint density at radius 1 is 1.15 bits per heavy atom. The molecule has 4 nitrogen and oxygen atoms in total. The van der Waals surface area contributed by atoms with Crippen molar-refractivity contribution >= 4 is 23.2 Å². The smallest absolute Gasteiger partial charge is 0.229 e. The molecule has 0 aromatic heterocycles. The first-order valence-corrected chi connectivity index (χ1v) is 8.92. The number of carbonyl (C=O) groups excluding carboxylic acids is 2. The van der Waals surface area contributed by atoms with Crippen molar-refractivity contribution in [3.63, 3.8) is 0 Å². The van der Waals surface area contributed by atoms with E-state index in [-0.39, 0.29) is 30.0 Å². The van der Waals surface area contributed by atoms with Crippen LogP contribution in [0.4, 0.5) is 15.8 Å². The molecule has 2 amide bonds. The van der Waals surface area contributed by atoms with Crippen molar-refractivity contribution in [2.75, 3.05) is 16.8 Å². The first-order chi connectivity index (χ1) is 12.4. The lowest BCUT2D eigenvalue weighted by molar-refractivity contribution is -0.121. The van der Waals surface area contributed by atoms with Gasteiger partial charge in [-0.15, -0.1) is 0 Å². The van der Waals surface area contributed by atoms with Crippen LogP contribution in [-0.2, 0) is 22.4 Å². The monoisotopic (exact) mass is 354 g/mol.